The number of carbonyl (C=O) groups is 1. The topological polar surface area (TPSA) is 71.2 Å². The largest absolute Gasteiger partial charge is 0.392 e. The van der Waals surface area contributed by atoms with Gasteiger partial charge in [0.2, 0.25) is 0 Å². The zero-order chi connectivity index (χ0) is 27.0. The highest BCUT2D eigenvalue weighted by Crippen LogP contribution is 2.45. The second-order valence-electron chi connectivity index (χ2n) is 8.57. The lowest BCUT2D eigenvalue weighted by Gasteiger charge is -2.20. The highest BCUT2D eigenvalue weighted by molar-refractivity contribution is 5.98. The second kappa shape index (κ2) is 7.49. The number of halogens is 1. The van der Waals surface area contributed by atoms with Gasteiger partial charge in [-0.1, -0.05) is 18.2 Å². The maximum atomic E-state index is 15.8. The van der Waals surface area contributed by atoms with E-state index in [1.807, 2.05) is 6.07 Å². The summed E-state index contributed by atoms with van der Waals surface area (Å²) in [4.78, 5) is 18.8. The molecule has 0 saturated heterocycles. The maximum absolute atomic E-state index is 15.8. The molecule has 3 heterocycles. The number of carbonyl (C=O) groups excluding carboxylic acids is 1. The third-order valence-corrected chi connectivity index (χ3v) is 6.45. The number of rotatable bonds is 5. The summed E-state index contributed by atoms with van der Waals surface area (Å²) >= 11 is 0. The van der Waals surface area contributed by atoms with Crippen LogP contribution >= 0.6 is 0 Å². The van der Waals surface area contributed by atoms with Gasteiger partial charge < -0.3 is 10.0 Å². The number of hydrogen-bond acceptors (Lipinski definition) is 4. The summed E-state index contributed by atoms with van der Waals surface area (Å²) in [5.74, 6) is -0.533. The molecule has 2 aliphatic rings. The molecule has 1 N–H and O–H groups in total. The Morgan fingerprint density at radius 1 is 1.27 bits per heavy atom. The maximum Gasteiger partial charge on any atom is 0.256 e. The highest BCUT2D eigenvalue weighted by atomic mass is 19.1. The van der Waals surface area contributed by atoms with Crippen LogP contribution in [0.15, 0.2) is 48.8 Å². The van der Waals surface area contributed by atoms with E-state index in [0.29, 0.717) is 34.5 Å². The molecule has 4 aromatic rings. The summed E-state index contributed by atoms with van der Waals surface area (Å²) in [7, 11) is 0. The minimum atomic E-state index is -2.76. The summed E-state index contributed by atoms with van der Waals surface area (Å²) in [5.41, 5.74) is 3.16. The Bertz CT molecular complexity index is 1610. The van der Waals surface area contributed by atoms with Crippen LogP contribution in [-0.4, -0.2) is 30.7 Å². The number of amides is 1. The van der Waals surface area contributed by atoms with E-state index in [1.165, 1.54) is 24.4 Å². The van der Waals surface area contributed by atoms with Crippen LogP contribution in [0, 0.1) is 5.82 Å². The van der Waals surface area contributed by atoms with E-state index in [0.717, 1.165) is 23.1 Å². The van der Waals surface area contributed by atoms with Gasteiger partial charge in [-0.05, 0) is 53.6 Å². The molecule has 2 aromatic carbocycles. The van der Waals surface area contributed by atoms with Crippen molar-refractivity contribution in [2.45, 2.75) is 38.4 Å². The Morgan fingerprint density at radius 2 is 2.15 bits per heavy atom. The van der Waals surface area contributed by atoms with Crippen LogP contribution in [0.3, 0.4) is 0 Å². The molecule has 166 valence electrons. The zero-order valence-electron chi connectivity index (χ0n) is 22.5. The fourth-order valence-corrected chi connectivity index (χ4v) is 4.69. The molecule has 1 fully saturated rings. The van der Waals surface area contributed by atoms with E-state index in [9.17, 15) is 9.90 Å². The molecule has 1 saturated carbocycles. The van der Waals surface area contributed by atoms with Crippen molar-refractivity contribution in [1.82, 2.24) is 19.7 Å². The van der Waals surface area contributed by atoms with E-state index in [1.54, 1.807) is 23.2 Å². The van der Waals surface area contributed by atoms with Crippen LogP contribution in [0.25, 0.3) is 22.0 Å². The van der Waals surface area contributed by atoms with E-state index in [4.69, 9.17) is 6.85 Å². The van der Waals surface area contributed by atoms with Gasteiger partial charge in [-0.15, -0.1) is 0 Å². The SMILES string of the molecule is [2H]C([2H])(O)c1ccc(-c2cc(F)c(CN3Cc4ncccc4C3=O)c(C3CC3)c2)c2cn(C([2H])([2H])[2H])nc12. The summed E-state index contributed by atoms with van der Waals surface area (Å²) in [6.07, 6.45) is 4.68. The fourth-order valence-electron chi connectivity index (χ4n) is 4.69. The minimum Gasteiger partial charge on any atom is -0.392 e. The van der Waals surface area contributed by atoms with Gasteiger partial charge in [0.25, 0.3) is 5.91 Å². The highest BCUT2D eigenvalue weighted by Gasteiger charge is 2.33. The molecule has 6 nitrogen and oxygen atoms in total. The van der Waals surface area contributed by atoms with Gasteiger partial charge in [-0.25, -0.2) is 4.39 Å². The van der Waals surface area contributed by atoms with Crippen molar-refractivity contribution in [2.24, 2.45) is 6.98 Å². The molecule has 1 amide bonds. The Balaban J connectivity index is 1.45. The monoisotopic (exact) mass is 447 g/mol. The smallest absolute Gasteiger partial charge is 0.256 e. The lowest BCUT2D eigenvalue weighted by Crippen LogP contribution is -2.24. The summed E-state index contributed by atoms with van der Waals surface area (Å²) in [6.45, 7) is -4.98. The second-order valence-corrected chi connectivity index (χ2v) is 8.57. The van der Waals surface area contributed by atoms with Crippen molar-refractivity contribution in [3.05, 3.63) is 82.6 Å². The molecule has 33 heavy (non-hydrogen) atoms. The number of benzene rings is 2. The van der Waals surface area contributed by atoms with Crippen LogP contribution in [0.4, 0.5) is 4.39 Å². The first-order valence-electron chi connectivity index (χ1n) is 13.2. The Labute approximate surface area is 197 Å². The van der Waals surface area contributed by atoms with Crippen LogP contribution in [0.5, 0.6) is 0 Å². The van der Waals surface area contributed by atoms with Gasteiger partial charge in [-0.2, -0.15) is 5.10 Å². The number of aromatic nitrogens is 3. The van der Waals surface area contributed by atoms with E-state index in [-0.39, 0.29) is 34.8 Å². The lowest BCUT2D eigenvalue weighted by atomic mass is 9.93. The van der Waals surface area contributed by atoms with Crippen molar-refractivity contribution in [3.63, 3.8) is 0 Å². The normalized spacial score (nSPS) is 18.5. The molecule has 0 unspecified atom stereocenters. The Hall–Kier alpha value is -3.58. The van der Waals surface area contributed by atoms with Crippen molar-refractivity contribution < 1.29 is 21.1 Å². The van der Waals surface area contributed by atoms with E-state index in [2.05, 4.69) is 10.1 Å². The van der Waals surface area contributed by atoms with Crippen molar-refractivity contribution in [1.29, 1.82) is 0 Å². The molecule has 0 atom stereocenters. The molecule has 1 aliphatic heterocycles. The minimum absolute atomic E-state index is 0.0171. The average molecular weight is 448 g/mol. The zero-order valence-corrected chi connectivity index (χ0v) is 17.5. The van der Waals surface area contributed by atoms with Crippen LogP contribution in [0.2, 0.25) is 0 Å². The summed E-state index contributed by atoms with van der Waals surface area (Å²) in [6, 6.07) is 9.50. The van der Waals surface area contributed by atoms with Crippen LogP contribution in [-0.2, 0) is 26.6 Å². The van der Waals surface area contributed by atoms with Gasteiger partial charge in [0.05, 0.1) is 32.6 Å². The third kappa shape index (κ3) is 3.31. The number of fused-ring (bicyclic) bond motifs is 2. The van der Waals surface area contributed by atoms with Gasteiger partial charge in [-0.3, -0.25) is 14.5 Å². The molecule has 0 spiro atoms. The molecule has 0 radical (unpaired) electrons. The van der Waals surface area contributed by atoms with Gasteiger partial charge in [0.15, 0.2) is 0 Å². The van der Waals surface area contributed by atoms with Crippen LogP contribution < -0.4 is 0 Å². The summed E-state index contributed by atoms with van der Waals surface area (Å²) in [5, 5.41) is 14.4. The number of aryl methyl sites for hydroxylation is 1. The number of pyridine rings is 1. The van der Waals surface area contributed by atoms with Crippen molar-refractivity contribution >= 4 is 16.8 Å². The first kappa shape index (κ1) is 15.3. The number of nitrogens with zero attached hydrogens (tertiary/aromatic N) is 4. The first-order valence-corrected chi connectivity index (χ1v) is 10.7. The molecule has 7 heteroatoms. The molecular weight excluding hydrogens is 419 g/mol. The molecule has 0 bridgehead atoms. The fraction of sp³-hybridized carbons (Fsp3) is 0.269. The molecule has 1 aliphatic carbocycles. The van der Waals surface area contributed by atoms with Gasteiger partial charge in [0, 0.05) is 46.5 Å². The quantitative estimate of drug-likeness (QED) is 0.495. The van der Waals surface area contributed by atoms with Gasteiger partial charge >= 0.3 is 0 Å². The van der Waals surface area contributed by atoms with Crippen molar-refractivity contribution in [2.75, 3.05) is 0 Å². The summed E-state index contributed by atoms with van der Waals surface area (Å²) < 4.78 is 55.2. The van der Waals surface area contributed by atoms with Crippen LogP contribution in [0.1, 0.15) is 58.4 Å². The number of aliphatic hydroxyl groups is 1. The standard InChI is InChI=1S/C26H23FN4O2/c1-30-11-22-18(7-6-16(14-32)25(22)29-30)17-9-20(15-4-5-15)21(23(27)10-17)12-31-13-24-19(26(31)33)3-2-8-28-24/h2-3,6-11,15,32H,4-5,12-14H2,1H3/i1D3,14D2. The third-order valence-electron chi connectivity index (χ3n) is 6.45. The van der Waals surface area contributed by atoms with E-state index >= 15 is 4.39 Å². The Kier molecular flexibility index (Phi) is 3.47. The molecular formula is C26H23FN4O2. The number of hydrogen-bond donors (Lipinski definition) is 1. The predicted molar refractivity (Wildman–Crippen MR) is 122 cm³/mol. The molecule has 6 rings (SSSR count). The van der Waals surface area contributed by atoms with Crippen molar-refractivity contribution in [3.8, 4) is 11.1 Å². The lowest BCUT2D eigenvalue weighted by molar-refractivity contribution is 0.0764. The average Bonchev–Trinajstić information content (AvgIpc) is 3.50. The van der Waals surface area contributed by atoms with E-state index < -0.39 is 19.4 Å². The van der Waals surface area contributed by atoms with Gasteiger partial charge in [0.1, 0.15) is 5.82 Å². The predicted octanol–water partition coefficient (Wildman–Crippen LogP) is 4.30. The molecule has 2 aromatic heterocycles. The first-order chi connectivity index (χ1) is 17.9. The Morgan fingerprint density at radius 3 is 2.91 bits per heavy atom.